The molecule has 1 aromatic heterocycles. The molecule has 1 atom stereocenters. The van der Waals surface area contributed by atoms with Gasteiger partial charge in [-0.3, -0.25) is 14.5 Å². The summed E-state index contributed by atoms with van der Waals surface area (Å²) in [4.78, 5) is 28.9. The molecule has 1 aliphatic heterocycles. The number of halogens is 2. The van der Waals surface area contributed by atoms with Crippen LogP contribution in [-0.4, -0.2) is 13.0 Å². The molecule has 0 aliphatic carbocycles. The van der Waals surface area contributed by atoms with Crippen LogP contribution in [0, 0.1) is 5.82 Å². The van der Waals surface area contributed by atoms with Crippen molar-refractivity contribution >= 4 is 34.2 Å². The summed E-state index contributed by atoms with van der Waals surface area (Å²) in [7, 11) is 1.52. The van der Waals surface area contributed by atoms with Gasteiger partial charge in [-0.1, -0.05) is 54.1 Å². The van der Waals surface area contributed by atoms with E-state index in [1.807, 2.05) is 30.3 Å². The molecular formula is C31H21ClFNO5. The second kappa shape index (κ2) is 9.93. The first kappa shape index (κ1) is 24.7. The van der Waals surface area contributed by atoms with Gasteiger partial charge in [0.15, 0.2) is 16.9 Å². The van der Waals surface area contributed by atoms with E-state index in [2.05, 4.69) is 0 Å². The number of anilines is 1. The highest BCUT2D eigenvalue weighted by Gasteiger charge is 2.44. The number of nitrogens with zero attached hydrogens (tertiary/aromatic N) is 1. The van der Waals surface area contributed by atoms with Crippen LogP contribution in [0.2, 0.25) is 5.02 Å². The average Bonchev–Trinajstić information content (AvgIpc) is 3.25. The molecule has 2 heterocycles. The highest BCUT2D eigenvalue weighted by Crippen LogP contribution is 2.43. The maximum atomic E-state index is 14.1. The van der Waals surface area contributed by atoms with E-state index in [1.165, 1.54) is 24.1 Å². The summed E-state index contributed by atoms with van der Waals surface area (Å²) in [6.07, 6.45) is 0. The first-order valence-electron chi connectivity index (χ1n) is 12.1. The molecule has 0 saturated carbocycles. The molecule has 6 nitrogen and oxygen atoms in total. The number of methoxy groups -OCH3 is 1. The molecule has 0 saturated heterocycles. The van der Waals surface area contributed by atoms with Gasteiger partial charge in [0.2, 0.25) is 5.76 Å². The zero-order valence-electron chi connectivity index (χ0n) is 20.7. The van der Waals surface area contributed by atoms with Gasteiger partial charge in [-0.2, -0.15) is 0 Å². The Kier molecular flexibility index (Phi) is 6.29. The van der Waals surface area contributed by atoms with Gasteiger partial charge in [0.05, 0.1) is 24.1 Å². The zero-order valence-corrected chi connectivity index (χ0v) is 21.4. The van der Waals surface area contributed by atoms with Crippen LogP contribution in [0.5, 0.6) is 11.5 Å². The lowest BCUT2D eigenvalue weighted by atomic mass is 9.97. The maximum absolute atomic E-state index is 14.1. The fourth-order valence-electron chi connectivity index (χ4n) is 4.86. The normalized spacial score (nSPS) is 14.5. The Balaban J connectivity index is 1.50. The van der Waals surface area contributed by atoms with Gasteiger partial charge in [0.1, 0.15) is 18.0 Å². The molecule has 1 unspecified atom stereocenters. The van der Waals surface area contributed by atoms with E-state index in [9.17, 15) is 14.0 Å². The Hall–Kier alpha value is -4.62. The molecule has 39 heavy (non-hydrogen) atoms. The zero-order chi connectivity index (χ0) is 27.1. The first-order chi connectivity index (χ1) is 18.9. The third-order valence-corrected chi connectivity index (χ3v) is 6.89. The highest BCUT2D eigenvalue weighted by atomic mass is 35.5. The number of rotatable bonds is 6. The summed E-state index contributed by atoms with van der Waals surface area (Å²) in [5, 5.41) is 0.470. The van der Waals surface area contributed by atoms with E-state index >= 15 is 0 Å². The molecule has 1 aliphatic rings. The van der Waals surface area contributed by atoms with Gasteiger partial charge in [-0.05, 0) is 59.7 Å². The quantitative estimate of drug-likeness (QED) is 0.233. The van der Waals surface area contributed by atoms with Crippen molar-refractivity contribution in [1.29, 1.82) is 0 Å². The van der Waals surface area contributed by atoms with E-state index < -0.39 is 23.2 Å². The Labute approximate surface area is 227 Å². The summed E-state index contributed by atoms with van der Waals surface area (Å²) in [6.45, 7) is 0.330. The largest absolute Gasteiger partial charge is 0.493 e. The van der Waals surface area contributed by atoms with Crippen molar-refractivity contribution in [2.75, 3.05) is 12.0 Å². The molecule has 4 aromatic carbocycles. The molecule has 0 bridgehead atoms. The third kappa shape index (κ3) is 4.41. The van der Waals surface area contributed by atoms with Crippen molar-refractivity contribution in [2.45, 2.75) is 12.6 Å². The van der Waals surface area contributed by atoms with Crippen molar-refractivity contribution in [2.24, 2.45) is 0 Å². The topological polar surface area (TPSA) is 69.0 Å². The van der Waals surface area contributed by atoms with Crippen LogP contribution in [0.15, 0.2) is 100 Å². The first-order valence-corrected chi connectivity index (χ1v) is 12.5. The SMILES string of the molecule is COc1cc(C2c3c(oc4ccc(F)cc4c3=O)C(=O)N2c2cccc(Cl)c2)ccc1OCc1ccccc1. The lowest BCUT2D eigenvalue weighted by molar-refractivity contribution is 0.0971. The summed E-state index contributed by atoms with van der Waals surface area (Å²) < 4.78 is 31.6. The van der Waals surface area contributed by atoms with Crippen molar-refractivity contribution in [3.63, 3.8) is 0 Å². The minimum Gasteiger partial charge on any atom is -0.493 e. The average molecular weight is 542 g/mol. The molecule has 194 valence electrons. The van der Waals surface area contributed by atoms with Crippen LogP contribution < -0.4 is 19.8 Å². The standard InChI is InChI=1S/C31H21ClFNO5/c1-37-26-14-19(10-12-25(26)38-17-18-6-3-2-4-7-18)28-27-29(35)23-16-21(33)11-13-24(23)39-30(27)31(36)34(28)22-9-5-8-20(32)15-22/h2-16,28H,17H2,1H3. The van der Waals surface area contributed by atoms with Crippen LogP contribution in [0.25, 0.3) is 11.0 Å². The van der Waals surface area contributed by atoms with Gasteiger partial charge < -0.3 is 13.9 Å². The lowest BCUT2D eigenvalue weighted by Gasteiger charge is -2.26. The number of hydrogen-bond donors (Lipinski definition) is 0. The van der Waals surface area contributed by atoms with Gasteiger partial charge in [0, 0.05) is 10.7 Å². The predicted octanol–water partition coefficient (Wildman–Crippen LogP) is 6.92. The number of amides is 1. The van der Waals surface area contributed by atoms with Crippen LogP contribution in [0.3, 0.4) is 0 Å². The summed E-state index contributed by atoms with van der Waals surface area (Å²) in [5.74, 6) is -0.275. The fraction of sp³-hybridized carbons (Fsp3) is 0.0968. The summed E-state index contributed by atoms with van der Waals surface area (Å²) >= 11 is 6.26. The second-order valence-corrected chi connectivity index (χ2v) is 9.49. The smallest absolute Gasteiger partial charge is 0.295 e. The van der Waals surface area contributed by atoms with Crippen molar-refractivity contribution < 1.29 is 23.1 Å². The number of hydrogen-bond acceptors (Lipinski definition) is 5. The monoisotopic (exact) mass is 541 g/mol. The third-order valence-electron chi connectivity index (χ3n) is 6.66. The van der Waals surface area contributed by atoms with E-state index in [0.717, 1.165) is 11.6 Å². The van der Waals surface area contributed by atoms with Gasteiger partial charge in [0.25, 0.3) is 5.91 Å². The Bertz CT molecular complexity index is 1790. The Morgan fingerprint density at radius 2 is 1.74 bits per heavy atom. The number of carbonyl (C=O) groups excluding carboxylic acids is 1. The molecule has 6 rings (SSSR count). The second-order valence-electron chi connectivity index (χ2n) is 9.06. The molecule has 0 spiro atoms. The van der Waals surface area contributed by atoms with Crippen molar-refractivity contribution in [3.05, 3.63) is 135 Å². The minimum atomic E-state index is -0.882. The van der Waals surface area contributed by atoms with E-state index in [4.69, 9.17) is 25.5 Å². The Morgan fingerprint density at radius 3 is 2.51 bits per heavy atom. The van der Waals surface area contributed by atoms with Crippen molar-refractivity contribution in [1.82, 2.24) is 0 Å². The maximum Gasteiger partial charge on any atom is 0.295 e. The van der Waals surface area contributed by atoms with Crippen molar-refractivity contribution in [3.8, 4) is 11.5 Å². The molecule has 8 heteroatoms. The molecule has 0 radical (unpaired) electrons. The van der Waals surface area contributed by atoms with Gasteiger partial charge >= 0.3 is 0 Å². The van der Waals surface area contributed by atoms with Gasteiger partial charge in [-0.15, -0.1) is 0 Å². The molecule has 1 amide bonds. The summed E-state index contributed by atoms with van der Waals surface area (Å²) in [5.41, 5.74) is 1.79. The van der Waals surface area contributed by atoms with E-state index in [1.54, 1.807) is 42.5 Å². The fourth-order valence-corrected chi connectivity index (χ4v) is 5.05. The van der Waals surface area contributed by atoms with E-state index in [-0.39, 0.29) is 22.3 Å². The highest BCUT2D eigenvalue weighted by molar-refractivity contribution is 6.31. The number of ether oxygens (including phenoxy) is 2. The number of benzene rings is 4. The van der Waals surface area contributed by atoms with Crippen LogP contribution >= 0.6 is 11.6 Å². The van der Waals surface area contributed by atoms with Gasteiger partial charge in [-0.25, -0.2) is 4.39 Å². The summed E-state index contributed by atoms with van der Waals surface area (Å²) in [6, 6.07) is 24.5. The predicted molar refractivity (Wildman–Crippen MR) is 146 cm³/mol. The number of carbonyl (C=O) groups is 1. The van der Waals surface area contributed by atoms with Crippen LogP contribution in [0.4, 0.5) is 10.1 Å². The molecule has 0 N–H and O–H groups in total. The molecule has 0 fully saturated rings. The molecule has 5 aromatic rings. The number of fused-ring (bicyclic) bond motifs is 2. The minimum absolute atomic E-state index is 0.0503. The van der Waals surface area contributed by atoms with Crippen LogP contribution in [0.1, 0.15) is 33.3 Å². The van der Waals surface area contributed by atoms with E-state index in [0.29, 0.717) is 34.4 Å². The van der Waals surface area contributed by atoms with Crippen LogP contribution in [-0.2, 0) is 6.61 Å². The lowest BCUT2D eigenvalue weighted by Crippen LogP contribution is -2.29. The molecular weight excluding hydrogens is 521 g/mol. The Morgan fingerprint density at radius 1 is 0.923 bits per heavy atom.